The number of pyridine rings is 1. The first-order valence-electron chi connectivity index (χ1n) is 10.6. The number of hydrogen-bond donors (Lipinski definition) is 3. The minimum atomic E-state index is -1.02. The summed E-state index contributed by atoms with van der Waals surface area (Å²) < 4.78 is 10.5. The Balaban J connectivity index is 1.43. The van der Waals surface area contributed by atoms with E-state index in [0.717, 1.165) is 35.8 Å². The van der Waals surface area contributed by atoms with Crippen molar-refractivity contribution >= 4 is 11.7 Å². The van der Waals surface area contributed by atoms with Gasteiger partial charge >= 0.3 is 0 Å². The van der Waals surface area contributed by atoms with Gasteiger partial charge in [-0.2, -0.15) is 0 Å². The maximum absolute atomic E-state index is 12.6. The van der Waals surface area contributed by atoms with Crippen molar-refractivity contribution in [1.82, 2.24) is 10.3 Å². The number of rotatable bonds is 6. The van der Waals surface area contributed by atoms with Crippen molar-refractivity contribution in [3.05, 3.63) is 53.7 Å². The number of aliphatic hydroxyl groups is 2. The fourth-order valence-electron chi connectivity index (χ4n) is 4.31. The van der Waals surface area contributed by atoms with Gasteiger partial charge in [0.2, 0.25) is 5.91 Å². The van der Waals surface area contributed by atoms with E-state index in [0.29, 0.717) is 19.6 Å². The smallest absolute Gasteiger partial charge is 0.224 e. The summed E-state index contributed by atoms with van der Waals surface area (Å²) in [7, 11) is 1.59. The highest BCUT2D eigenvalue weighted by Gasteiger charge is 2.43. The molecule has 8 heteroatoms. The first-order valence-corrected chi connectivity index (χ1v) is 10.6. The molecule has 1 saturated carbocycles. The fraction of sp³-hybridized carbons (Fsp3) is 0.478. The molecule has 8 nitrogen and oxygen atoms in total. The number of methoxy groups -OCH3 is 1. The minimum absolute atomic E-state index is 0.185. The molecular formula is C23H29N3O5. The molecular weight excluding hydrogens is 398 g/mol. The zero-order valence-corrected chi connectivity index (χ0v) is 17.6. The van der Waals surface area contributed by atoms with Crippen LogP contribution in [-0.4, -0.2) is 72.8 Å². The van der Waals surface area contributed by atoms with Crippen LogP contribution < -0.4 is 15.0 Å². The molecule has 4 rings (SSSR count). The molecule has 0 spiro atoms. The SMILES string of the molecule is COc1ccc(CC(=O)N[C@H]2[C@H](O)[C@H](O)C[C@@H]2c2ccc(N3CCOCC3)nc2)cc1. The van der Waals surface area contributed by atoms with Crippen LogP contribution in [0.15, 0.2) is 42.6 Å². The summed E-state index contributed by atoms with van der Waals surface area (Å²) in [6.07, 6.45) is 0.416. The average molecular weight is 428 g/mol. The first kappa shape index (κ1) is 21.5. The van der Waals surface area contributed by atoms with E-state index in [4.69, 9.17) is 9.47 Å². The molecule has 2 heterocycles. The Morgan fingerprint density at radius 1 is 1.19 bits per heavy atom. The molecule has 2 fully saturated rings. The van der Waals surface area contributed by atoms with E-state index in [2.05, 4.69) is 15.2 Å². The molecule has 1 aromatic carbocycles. The second kappa shape index (κ2) is 9.64. The van der Waals surface area contributed by atoms with E-state index in [9.17, 15) is 15.0 Å². The number of aliphatic hydroxyl groups excluding tert-OH is 2. The van der Waals surface area contributed by atoms with Crippen LogP contribution in [0.1, 0.15) is 23.5 Å². The van der Waals surface area contributed by atoms with E-state index in [1.54, 1.807) is 25.4 Å². The van der Waals surface area contributed by atoms with Crippen LogP contribution in [-0.2, 0) is 16.0 Å². The Labute approximate surface area is 181 Å². The normalized spacial score (nSPS) is 26.0. The molecule has 1 amide bonds. The number of ether oxygens (including phenoxy) is 2. The molecule has 0 bridgehead atoms. The van der Waals surface area contributed by atoms with Crippen LogP contribution >= 0.6 is 0 Å². The average Bonchev–Trinajstić information content (AvgIpc) is 3.08. The van der Waals surface area contributed by atoms with Crippen molar-refractivity contribution < 1.29 is 24.5 Å². The largest absolute Gasteiger partial charge is 0.497 e. The summed E-state index contributed by atoms with van der Waals surface area (Å²) in [5, 5.41) is 23.7. The maximum Gasteiger partial charge on any atom is 0.224 e. The molecule has 1 aliphatic heterocycles. The van der Waals surface area contributed by atoms with Crippen molar-refractivity contribution in [2.24, 2.45) is 0 Å². The summed E-state index contributed by atoms with van der Waals surface area (Å²) >= 11 is 0. The van der Waals surface area contributed by atoms with E-state index in [1.807, 2.05) is 24.3 Å². The summed E-state index contributed by atoms with van der Waals surface area (Å²) in [6.45, 7) is 2.98. The Kier molecular flexibility index (Phi) is 6.70. The number of carbonyl (C=O) groups is 1. The predicted molar refractivity (Wildman–Crippen MR) is 115 cm³/mol. The van der Waals surface area contributed by atoms with E-state index in [-0.39, 0.29) is 18.2 Å². The minimum Gasteiger partial charge on any atom is -0.497 e. The monoisotopic (exact) mass is 427 g/mol. The van der Waals surface area contributed by atoms with Gasteiger partial charge in [-0.05, 0) is 35.7 Å². The van der Waals surface area contributed by atoms with Crippen molar-refractivity contribution in [2.45, 2.75) is 37.0 Å². The number of benzene rings is 1. The lowest BCUT2D eigenvalue weighted by Gasteiger charge is -2.28. The number of aromatic nitrogens is 1. The van der Waals surface area contributed by atoms with Crippen LogP contribution in [0.25, 0.3) is 0 Å². The van der Waals surface area contributed by atoms with Gasteiger partial charge in [0, 0.05) is 25.2 Å². The molecule has 166 valence electrons. The van der Waals surface area contributed by atoms with Gasteiger partial charge in [0.15, 0.2) is 0 Å². The number of carbonyl (C=O) groups excluding carboxylic acids is 1. The standard InChI is InChI=1S/C23H29N3O5/c1-30-17-5-2-15(3-6-17)12-21(28)25-22-18(13-19(27)23(22)29)16-4-7-20(24-14-16)26-8-10-31-11-9-26/h2-7,14,18-19,22-23,27,29H,8-13H2,1H3,(H,25,28)/t18-,19-,22-,23-/m1/s1. The van der Waals surface area contributed by atoms with Gasteiger partial charge in [-0.3, -0.25) is 4.79 Å². The third-order valence-electron chi connectivity index (χ3n) is 6.08. The molecule has 2 aliphatic rings. The summed E-state index contributed by atoms with van der Waals surface area (Å²) in [5.41, 5.74) is 1.74. The molecule has 1 aromatic heterocycles. The molecule has 31 heavy (non-hydrogen) atoms. The maximum atomic E-state index is 12.6. The van der Waals surface area contributed by atoms with Gasteiger partial charge in [-0.25, -0.2) is 4.98 Å². The fourth-order valence-corrected chi connectivity index (χ4v) is 4.31. The lowest BCUT2D eigenvalue weighted by molar-refractivity contribution is -0.122. The van der Waals surface area contributed by atoms with Crippen molar-refractivity contribution in [1.29, 1.82) is 0 Å². The van der Waals surface area contributed by atoms with Crippen LogP contribution in [0, 0.1) is 0 Å². The number of nitrogens with zero attached hydrogens (tertiary/aromatic N) is 2. The third-order valence-corrected chi connectivity index (χ3v) is 6.08. The van der Waals surface area contributed by atoms with Crippen LogP contribution in [0.2, 0.25) is 0 Å². The van der Waals surface area contributed by atoms with Crippen LogP contribution in [0.5, 0.6) is 5.75 Å². The van der Waals surface area contributed by atoms with Crippen LogP contribution in [0.3, 0.4) is 0 Å². The van der Waals surface area contributed by atoms with Crippen molar-refractivity contribution in [3.8, 4) is 5.75 Å². The number of anilines is 1. The summed E-state index contributed by atoms with van der Waals surface area (Å²) in [5.74, 6) is 1.19. The van der Waals surface area contributed by atoms with Gasteiger partial charge in [-0.15, -0.1) is 0 Å². The molecule has 1 aliphatic carbocycles. The second-order valence-corrected chi connectivity index (χ2v) is 8.07. The Morgan fingerprint density at radius 3 is 2.58 bits per heavy atom. The molecule has 1 saturated heterocycles. The lowest BCUT2D eigenvalue weighted by Crippen LogP contribution is -2.45. The Morgan fingerprint density at radius 2 is 1.94 bits per heavy atom. The zero-order chi connectivity index (χ0) is 21.8. The van der Waals surface area contributed by atoms with Gasteiger partial charge in [0.1, 0.15) is 17.7 Å². The first-order chi connectivity index (χ1) is 15.0. The lowest BCUT2D eigenvalue weighted by atomic mass is 9.94. The second-order valence-electron chi connectivity index (χ2n) is 8.07. The number of amides is 1. The number of morpholine rings is 1. The highest BCUT2D eigenvalue weighted by molar-refractivity contribution is 5.79. The van der Waals surface area contributed by atoms with Gasteiger partial charge < -0.3 is 29.9 Å². The highest BCUT2D eigenvalue weighted by Crippen LogP contribution is 2.35. The van der Waals surface area contributed by atoms with E-state index < -0.39 is 18.2 Å². The van der Waals surface area contributed by atoms with Gasteiger partial charge in [0.05, 0.1) is 38.9 Å². The van der Waals surface area contributed by atoms with Gasteiger partial charge in [0.25, 0.3) is 0 Å². The Hall–Kier alpha value is -2.68. The molecule has 0 radical (unpaired) electrons. The molecule has 2 aromatic rings. The highest BCUT2D eigenvalue weighted by atomic mass is 16.5. The number of hydrogen-bond acceptors (Lipinski definition) is 7. The predicted octanol–water partition coefficient (Wildman–Crippen LogP) is 0.863. The van der Waals surface area contributed by atoms with Crippen molar-refractivity contribution in [2.75, 3.05) is 38.3 Å². The van der Waals surface area contributed by atoms with Crippen LogP contribution in [0.4, 0.5) is 5.82 Å². The van der Waals surface area contributed by atoms with E-state index >= 15 is 0 Å². The topological polar surface area (TPSA) is 104 Å². The quantitative estimate of drug-likeness (QED) is 0.628. The van der Waals surface area contributed by atoms with Crippen molar-refractivity contribution in [3.63, 3.8) is 0 Å². The summed E-state index contributed by atoms with van der Waals surface area (Å²) in [4.78, 5) is 19.4. The molecule has 4 atom stereocenters. The van der Waals surface area contributed by atoms with Gasteiger partial charge in [-0.1, -0.05) is 18.2 Å². The Bertz CT molecular complexity index is 868. The number of nitrogens with one attached hydrogen (secondary N) is 1. The molecule has 3 N–H and O–H groups in total. The zero-order valence-electron chi connectivity index (χ0n) is 17.6. The summed E-state index contributed by atoms with van der Waals surface area (Å²) in [6, 6.07) is 10.6. The molecule has 0 unspecified atom stereocenters. The third kappa shape index (κ3) is 4.98. The van der Waals surface area contributed by atoms with E-state index in [1.165, 1.54) is 0 Å².